The summed E-state index contributed by atoms with van der Waals surface area (Å²) in [6.45, 7) is 11.9. The van der Waals surface area contributed by atoms with Gasteiger partial charge < -0.3 is 10.2 Å². The lowest BCUT2D eigenvalue weighted by molar-refractivity contribution is 0.198. The highest BCUT2D eigenvalue weighted by atomic mass is 16.2. The van der Waals surface area contributed by atoms with Gasteiger partial charge in [0.15, 0.2) is 0 Å². The number of nitrogens with zero attached hydrogens (tertiary/aromatic N) is 1. The highest BCUT2D eigenvalue weighted by Gasteiger charge is 2.64. The van der Waals surface area contributed by atoms with E-state index in [-0.39, 0.29) is 6.03 Å². The van der Waals surface area contributed by atoms with E-state index in [4.69, 9.17) is 0 Å². The van der Waals surface area contributed by atoms with Crippen LogP contribution >= 0.6 is 0 Å². The quantitative estimate of drug-likeness (QED) is 0.804. The van der Waals surface area contributed by atoms with Gasteiger partial charge in [-0.15, -0.1) is 0 Å². The van der Waals surface area contributed by atoms with Crippen molar-refractivity contribution in [1.29, 1.82) is 0 Å². The molecule has 0 spiro atoms. The van der Waals surface area contributed by atoms with Crippen LogP contribution in [-0.2, 0) is 0 Å². The second kappa shape index (κ2) is 4.75. The molecule has 2 rings (SSSR count). The minimum absolute atomic E-state index is 0.149. The average molecular weight is 252 g/mol. The monoisotopic (exact) mass is 252 g/mol. The third-order valence-corrected chi connectivity index (χ3v) is 5.67. The van der Waals surface area contributed by atoms with Crippen LogP contribution in [0.15, 0.2) is 0 Å². The molecule has 1 aliphatic carbocycles. The molecule has 0 atom stereocenters. The predicted molar refractivity (Wildman–Crippen MR) is 74.5 cm³/mol. The van der Waals surface area contributed by atoms with Crippen LogP contribution in [-0.4, -0.2) is 30.6 Å². The van der Waals surface area contributed by atoms with Crippen LogP contribution in [0.2, 0.25) is 0 Å². The van der Waals surface area contributed by atoms with Crippen molar-refractivity contribution in [2.24, 2.45) is 16.7 Å². The average Bonchev–Trinajstić information content (AvgIpc) is 2.83. The summed E-state index contributed by atoms with van der Waals surface area (Å²) in [5.74, 6) is 0.612. The second-order valence-electron chi connectivity index (χ2n) is 7.08. The summed E-state index contributed by atoms with van der Waals surface area (Å²) in [7, 11) is 0. The van der Waals surface area contributed by atoms with Gasteiger partial charge in [-0.3, -0.25) is 0 Å². The molecule has 0 aromatic heterocycles. The van der Waals surface area contributed by atoms with Crippen molar-refractivity contribution in [3.63, 3.8) is 0 Å². The molecule has 104 valence electrons. The van der Waals surface area contributed by atoms with Gasteiger partial charge >= 0.3 is 6.03 Å². The zero-order valence-electron chi connectivity index (χ0n) is 12.4. The van der Waals surface area contributed by atoms with E-state index in [1.807, 2.05) is 4.90 Å². The van der Waals surface area contributed by atoms with Crippen LogP contribution in [0.1, 0.15) is 53.4 Å². The molecule has 3 nitrogen and oxygen atoms in total. The molecular formula is C15H28N2O. The number of amides is 2. The van der Waals surface area contributed by atoms with Gasteiger partial charge in [0.05, 0.1) is 0 Å². The van der Waals surface area contributed by atoms with Crippen LogP contribution in [0, 0.1) is 16.7 Å². The molecule has 0 aromatic carbocycles. The number of nitrogens with one attached hydrogen (secondary N) is 1. The number of hydrogen-bond donors (Lipinski definition) is 1. The highest BCUT2D eigenvalue weighted by Crippen LogP contribution is 2.67. The molecule has 2 fully saturated rings. The summed E-state index contributed by atoms with van der Waals surface area (Å²) in [6, 6.07) is 0.149. The van der Waals surface area contributed by atoms with E-state index in [0.717, 1.165) is 32.5 Å². The smallest absolute Gasteiger partial charge is 0.317 e. The molecule has 2 aliphatic rings. The third-order valence-electron chi connectivity index (χ3n) is 5.67. The van der Waals surface area contributed by atoms with Crippen LogP contribution in [0.4, 0.5) is 4.79 Å². The largest absolute Gasteiger partial charge is 0.338 e. The summed E-state index contributed by atoms with van der Waals surface area (Å²) >= 11 is 0. The third kappa shape index (κ3) is 2.36. The number of urea groups is 1. The van der Waals surface area contributed by atoms with E-state index in [0.29, 0.717) is 16.7 Å². The maximum absolute atomic E-state index is 12.1. The molecule has 2 amide bonds. The topological polar surface area (TPSA) is 32.3 Å². The summed E-state index contributed by atoms with van der Waals surface area (Å²) in [5.41, 5.74) is 0.720. The first-order valence-electron chi connectivity index (χ1n) is 7.40. The minimum Gasteiger partial charge on any atom is -0.338 e. The predicted octanol–water partition coefficient (Wildman–Crippen LogP) is 3.25. The Morgan fingerprint density at radius 1 is 1.06 bits per heavy atom. The molecule has 0 bridgehead atoms. The Kier molecular flexibility index (Phi) is 3.61. The van der Waals surface area contributed by atoms with Crippen molar-refractivity contribution in [3.05, 3.63) is 0 Å². The first-order valence-corrected chi connectivity index (χ1v) is 7.40. The molecule has 3 heteroatoms. The van der Waals surface area contributed by atoms with Gasteiger partial charge in [0.25, 0.3) is 0 Å². The van der Waals surface area contributed by atoms with Gasteiger partial charge in [-0.25, -0.2) is 4.79 Å². The number of rotatable bonds is 2. The van der Waals surface area contributed by atoms with Crippen LogP contribution in [0.5, 0.6) is 0 Å². The Morgan fingerprint density at radius 3 is 2.00 bits per heavy atom. The van der Waals surface area contributed by atoms with Crippen molar-refractivity contribution >= 4 is 6.03 Å². The van der Waals surface area contributed by atoms with E-state index in [9.17, 15) is 4.79 Å². The van der Waals surface area contributed by atoms with Crippen LogP contribution in [0.3, 0.4) is 0 Å². The van der Waals surface area contributed by atoms with E-state index < -0.39 is 0 Å². The summed E-state index contributed by atoms with van der Waals surface area (Å²) in [4.78, 5) is 14.1. The zero-order valence-corrected chi connectivity index (χ0v) is 12.4. The standard InChI is InChI=1S/C15H28N2O/c1-14(2)12(15(14,3)4)11-16-13(18)17-9-7-5-6-8-10-17/h12H,5-11H2,1-4H3,(H,16,18). The van der Waals surface area contributed by atoms with Crippen molar-refractivity contribution in [3.8, 4) is 0 Å². The van der Waals surface area contributed by atoms with Gasteiger partial charge in [-0.2, -0.15) is 0 Å². The fourth-order valence-corrected chi connectivity index (χ4v) is 3.42. The van der Waals surface area contributed by atoms with Gasteiger partial charge in [0.1, 0.15) is 0 Å². The SMILES string of the molecule is CC1(C)C(CNC(=O)N2CCCCCC2)C1(C)C. The molecule has 0 unspecified atom stereocenters. The van der Waals surface area contributed by atoms with Gasteiger partial charge in [-0.1, -0.05) is 40.5 Å². The highest BCUT2D eigenvalue weighted by molar-refractivity contribution is 5.74. The van der Waals surface area contributed by atoms with Crippen LogP contribution in [0.25, 0.3) is 0 Å². The van der Waals surface area contributed by atoms with Crippen molar-refractivity contribution in [2.75, 3.05) is 19.6 Å². The number of hydrogen-bond acceptors (Lipinski definition) is 1. The number of carbonyl (C=O) groups is 1. The fraction of sp³-hybridized carbons (Fsp3) is 0.933. The maximum atomic E-state index is 12.1. The van der Waals surface area contributed by atoms with E-state index in [2.05, 4.69) is 33.0 Å². The van der Waals surface area contributed by atoms with Crippen LogP contribution < -0.4 is 5.32 Å². The lowest BCUT2D eigenvalue weighted by atomic mass is 10.0. The lowest BCUT2D eigenvalue weighted by Gasteiger charge is -2.21. The summed E-state index contributed by atoms with van der Waals surface area (Å²) in [5, 5.41) is 3.14. The Bertz CT molecular complexity index is 300. The van der Waals surface area contributed by atoms with Gasteiger partial charge in [-0.05, 0) is 29.6 Å². The molecule has 1 saturated heterocycles. The molecule has 1 saturated carbocycles. The molecule has 1 heterocycles. The lowest BCUT2D eigenvalue weighted by Crippen LogP contribution is -2.41. The molecule has 18 heavy (non-hydrogen) atoms. The Balaban J connectivity index is 1.79. The summed E-state index contributed by atoms with van der Waals surface area (Å²) in [6.07, 6.45) is 4.86. The fourth-order valence-electron chi connectivity index (χ4n) is 3.42. The van der Waals surface area contributed by atoms with E-state index >= 15 is 0 Å². The van der Waals surface area contributed by atoms with E-state index in [1.165, 1.54) is 12.8 Å². The Morgan fingerprint density at radius 2 is 1.56 bits per heavy atom. The minimum atomic E-state index is 0.149. The maximum Gasteiger partial charge on any atom is 0.317 e. The second-order valence-corrected chi connectivity index (χ2v) is 7.08. The first kappa shape index (κ1) is 13.7. The molecule has 1 N–H and O–H groups in total. The van der Waals surface area contributed by atoms with Crippen molar-refractivity contribution < 1.29 is 4.79 Å². The Hall–Kier alpha value is -0.730. The number of likely N-dealkylation sites (tertiary alicyclic amines) is 1. The molecule has 0 radical (unpaired) electrons. The van der Waals surface area contributed by atoms with Gasteiger partial charge in [0, 0.05) is 19.6 Å². The molecular weight excluding hydrogens is 224 g/mol. The van der Waals surface area contributed by atoms with Gasteiger partial charge in [0.2, 0.25) is 0 Å². The normalized spacial score (nSPS) is 26.6. The van der Waals surface area contributed by atoms with Crippen molar-refractivity contribution in [1.82, 2.24) is 10.2 Å². The Labute approximate surface area is 111 Å². The zero-order chi connectivity index (χ0) is 13.4. The first-order chi connectivity index (χ1) is 8.37. The number of carbonyl (C=O) groups excluding carboxylic acids is 1. The van der Waals surface area contributed by atoms with Crippen molar-refractivity contribution in [2.45, 2.75) is 53.4 Å². The van der Waals surface area contributed by atoms with E-state index in [1.54, 1.807) is 0 Å². The summed E-state index contributed by atoms with van der Waals surface area (Å²) < 4.78 is 0. The molecule has 0 aromatic rings. The molecule has 1 aliphatic heterocycles.